The molecule has 4 amide bonds. The molecular formula is C44H49F3N6O6. The highest BCUT2D eigenvalue weighted by molar-refractivity contribution is 6.08. The van der Waals surface area contributed by atoms with Gasteiger partial charge >= 0.3 is 0 Å². The molecule has 3 aromatic rings. The molecule has 312 valence electrons. The Hall–Kier alpha value is -5.31. The number of carbonyl (C=O) groups is 4. The Morgan fingerprint density at radius 2 is 1.63 bits per heavy atom. The number of β-lactam (4-membered cyclic amide) rings is 1. The van der Waals surface area contributed by atoms with E-state index in [1.807, 2.05) is 17.0 Å². The summed E-state index contributed by atoms with van der Waals surface area (Å²) in [4.78, 5) is 60.9. The number of anilines is 3. The zero-order valence-electron chi connectivity index (χ0n) is 33.1. The van der Waals surface area contributed by atoms with Crippen molar-refractivity contribution in [2.45, 2.75) is 76.4 Å². The predicted molar refractivity (Wildman–Crippen MR) is 213 cm³/mol. The summed E-state index contributed by atoms with van der Waals surface area (Å²) in [6, 6.07) is 11.2. The van der Waals surface area contributed by atoms with Gasteiger partial charge in [-0.25, -0.2) is 13.2 Å². The maximum Gasteiger partial charge on any atom is 0.263 e. The summed E-state index contributed by atoms with van der Waals surface area (Å²) in [5.41, 5.74) is 2.30. The topological polar surface area (TPSA) is 126 Å². The van der Waals surface area contributed by atoms with E-state index in [0.717, 1.165) is 81.8 Å². The lowest BCUT2D eigenvalue weighted by Gasteiger charge is -2.55. The first-order chi connectivity index (χ1) is 28.4. The van der Waals surface area contributed by atoms with Gasteiger partial charge in [0.15, 0.2) is 0 Å². The lowest BCUT2D eigenvalue weighted by atomic mass is 9.66. The molecule has 0 unspecified atom stereocenters. The number of piperidine rings is 2. The molecule has 5 aliphatic heterocycles. The van der Waals surface area contributed by atoms with Gasteiger partial charge in [0, 0.05) is 87.2 Å². The van der Waals surface area contributed by atoms with Crippen LogP contribution in [0, 0.1) is 17.2 Å². The fourth-order valence-electron chi connectivity index (χ4n) is 10.6. The first kappa shape index (κ1) is 39.2. The molecule has 5 heterocycles. The molecule has 0 bridgehead atoms. The quantitative estimate of drug-likeness (QED) is 0.200. The van der Waals surface area contributed by atoms with Gasteiger partial charge in [0.1, 0.15) is 23.4 Å². The van der Waals surface area contributed by atoms with Crippen LogP contribution in [0.2, 0.25) is 0 Å². The van der Waals surface area contributed by atoms with E-state index in [1.165, 1.54) is 24.1 Å². The van der Waals surface area contributed by atoms with Crippen molar-refractivity contribution in [3.05, 3.63) is 76.6 Å². The van der Waals surface area contributed by atoms with Crippen molar-refractivity contribution in [3.8, 4) is 11.5 Å². The molecule has 4 saturated heterocycles. The van der Waals surface area contributed by atoms with Crippen molar-refractivity contribution < 1.29 is 42.2 Å². The van der Waals surface area contributed by atoms with Crippen molar-refractivity contribution in [1.82, 2.24) is 15.1 Å². The molecule has 2 atom stereocenters. The van der Waals surface area contributed by atoms with Gasteiger partial charge in [-0.05, 0) is 86.1 Å². The first-order valence-electron chi connectivity index (χ1n) is 20.8. The van der Waals surface area contributed by atoms with Crippen LogP contribution in [0.25, 0.3) is 0 Å². The van der Waals surface area contributed by atoms with Crippen LogP contribution < -0.4 is 24.8 Å². The van der Waals surface area contributed by atoms with E-state index in [2.05, 4.69) is 21.2 Å². The van der Waals surface area contributed by atoms with Gasteiger partial charge in [-0.15, -0.1) is 0 Å². The van der Waals surface area contributed by atoms with Gasteiger partial charge in [0.2, 0.25) is 17.7 Å². The molecule has 1 spiro atoms. The molecule has 2 N–H and O–H groups in total. The smallest absolute Gasteiger partial charge is 0.263 e. The molecule has 6 aliphatic rings. The third-order valence-corrected chi connectivity index (χ3v) is 13.7. The second-order valence-electron chi connectivity index (χ2n) is 17.0. The predicted octanol–water partition coefficient (Wildman–Crippen LogP) is 5.93. The number of halogens is 3. The maximum atomic E-state index is 16.3. The van der Waals surface area contributed by atoms with Crippen LogP contribution in [0.5, 0.6) is 11.5 Å². The average molecular weight is 815 g/mol. The highest BCUT2D eigenvalue weighted by Gasteiger charge is 2.63. The number of hydrogen-bond acceptors (Lipinski definition) is 9. The third kappa shape index (κ3) is 6.84. The zero-order chi connectivity index (χ0) is 41.2. The van der Waals surface area contributed by atoms with Crippen LogP contribution in [0.15, 0.2) is 48.5 Å². The van der Waals surface area contributed by atoms with Crippen molar-refractivity contribution in [1.29, 1.82) is 0 Å². The van der Waals surface area contributed by atoms with Crippen LogP contribution in [0.1, 0.15) is 90.9 Å². The summed E-state index contributed by atoms with van der Waals surface area (Å²) in [5, 5.41) is 13.1. The second kappa shape index (κ2) is 15.4. The number of nitrogens with zero attached hydrogens (tertiary/aromatic N) is 5. The fraction of sp³-hybridized carbons (Fsp3) is 0.500. The molecule has 0 radical (unpaired) electrons. The number of imide groups is 1. The summed E-state index contributed by atoms with van der Waals surface area (Å²) >= 11 is 0. The van der Waals surface area contributed by atoms with E-state index in [9.17, 15) is 33.1 Å². The van der Waals surface area contributed by atoms with Gasteiger partial charge in [0.25, 0.3) is 12.3 Å². The van der Waals surface area contributed by atoms with Crippen LogP contribution in [-0.2, 0) is 20.9 Å². The Labute approximate surface area is 340 Å². The number of fused-ring (bicyclic) bond motifs is 1. The number of amides is 4. The number of piperazine rings is 1. The summed E-state index contributed by atoms with van der Waals surface area (Å²) in [5.74, 6) is -1.01. The lowest BCUT2D eigenvalue weighted by Crippen LogP contribution is -2.62. The summed E-state index contributed by atoms with van der Waals surface area (Å²) in [6.07, 6.45) is 2.35. The fourth-order valence-corrected chi connectivity index (χ4v) is 10.6. The summed E-state index contributed by atoms with van der Waals surface area (Å²) < 4.78 is 49.6. The molecule has 1 saturated carbocycles. The minimum Gasteiger partial charge on any atom is -0.506 e. The molecule has 0 aromatic heterocycles. The highest BCUT2D eigenvalue weighted by Crippen LogP contribution is 2.63. The number of methoxy groups -OCH3 is 1. The van der Waals surface area contributed by atoms with E-state index in [1.54, 1.807) is 11.0 Å². The van der Waals surface area contributed by atoms with Crippen molar-refractivity contribution >= 4 is 40.7 Å². The van der Waals surface area contributed by atoms with E-state index in [0.29, 0.717) is 67.4 Å². The van der Waals surface area contributed by atoms with Gasteiger partial charge in [0.05, 0.1) is 29.9 Å². The van der Waals surface area contributed by atoms with E-state index >= 15 is 4.39 Å². The largest absolute Gasteiger partial charge is 0.506 e. The Morgan fingerprint density at radius 1 is 0.881 bits per heavy atom. The van der Waals surface area contributed by atoms with Gasteiger partial charge in [-0.3, -0.25) is 34.3 Å². The van der Waals surface area contributed by atoms with Crippen molar-refractivity contribution in [2.75, 3.05) is 67.6 Å². The molecule has 12 nitrogen and oxygen atoms in total. The number of nitrogens with one attached hydrogen (secondary N) is 1. The molecule has 1 aliphatic carbocycles. The number of phenolic OH excluding ortho intramolecular Hbond substituents is 1. The zero-order valence-corrected chi connectivity index (χ0v) is 33.1. The number of hydrogen-bond donors (Lipinski definition) is 2. The van der Waals surface area contributed by atoms with Gasteiger partial charge < -0.3 is 24.5 Å². The molecule has 15 heteroatoms. The van der Waals surface area contributed by atoms with Crippen LogP contribution >= 0.6 is 0 Å². The Bertz CT molecular complexity index is 2180. The summed E-state index contributed by atoms with van der Waals surface area (Å²) in [6.45, 7) is 6.07. The molecular weight excluding hydrogens is 766 g/mol. The van der Waals surface area contributed by atoms with Crippen molar-refractivity contribution in [2.24, 2.45) is 11.3 Å². The number of benzene rings is 3. The number of aromatic hydroxyl groups is 1. The SMILES string of the molecule is COc1cc(N2CCC(CN3CCN(c4ccc5c(c4)CN([C@H]4CCC(=O)NC4=O)C5=O)CC3)CC2)c(F)cc1[C@@H]1N(c2cc(C(F)F)ccc2O)C(=O)C12CCCC2. The van der Waals surface area contributed by atoms with Gasteiger partial charge in [-0.2, -0.15) is 0 Å². The second-order valence-corrected chi connectivity index (χ2v) is 17.0. The summed E-state index contributed by atoms with van der Waals surface area (Å²) in [7, 11) is 1.51. The Morgan fingerprint density at radius 3 is 2.32 bits per heavy atom. The monoisotopic (exact) mass is 814 g/mol. The standard InChI is InChI=1S/C44H49F3N6O6/c1-59-37-23-34(32(45)22-31(37)39-44(12-2-3-13-44)43(58)53(39)35-21-27(40(46)47)4-8-36(35)54)51-14-10-26(11-15-51)24-49-16-18-50(19-17-49)29-5-6-30-28(20-29)25-52(42(30)57)33-7-9-38(55)48-41(33)56/h4-6,8,20-23,26,33,39-40,54H,2-3,7,9-19,24-25H2,1H3,(H,48,55,56)/t33-,39-/m0/s1. The van der Waals surface area contributed by atoms with E-state index in [4.69, 9.17) is 4.74 Å². The number of alkyl halides is 2. The number of phenols is 1. The van der Waals surface area contributed by atoms with Crippen LogP contribution in [-0.4, -0.2) is 97.5 Å². The normalized spacial score (nSPS) is 23.7. The minimum absolute atomic E-state index is 0.00800. The average Bonchev–Trinajstić information content (AvgIpc) is 3.87. The lowest BCUT2D eigenvalue weighted by molar-refractivity contribution is -0.140. The Balaban J connectivity index is 0.823. The molecule has 3 aromatic carbocycles. The number of carbonyl (C=O) groups excluding carboxylic acids is 4. The maximum absolute atomic E-state index is 16.3. The number of rotatable bonds is 9. The molecule has 9 rings (SSSR count). The third-order valence-electron chi connectivity index (χ3n) is 13.7. The van der Waals surface area contributed by atoms with E-state index in [-0.39, 0.29) is 41.1 Å². The molecule has 59 heavy (non-hydrogen) atoms. The van der Waals surface area contributed by atoms with Gasteiger partial charge in [-0.1, -0.05) is 12.8 Å². The van der Waals surface area contributed by atoms with Crippen LogP contribution in [0.4, 0.5) is 30.2 Å². The Kier molecular flexibility index (Phi) is 10.2. The van der Waals surface area contributed by atoms with Crippen LogP contribution in [0.3, 0.4) is 0 Å². The highest BCUT2D eigenvalue weighted by atomic mass is 19.3. The number of ether oxygens (including phenoxy) is 1. The van der Waals surface area contributed by atoms with Crippen molar-refractivity contribution in [3.63, 3.8) is 0 Å². The first-order valence-corrected chi connectivity index (χ1v) is 20.8. The minimum atomic E-state index is -2.79. The van der Waals surface area contributed by atoms with E-state index < -0.39 is 35.6 Å². The molecule has 5 fully saturated rings.